The Balaban J connectivity index is 1.34. The largest absolute Gasteiger partial charge is 0.309 e. The molecular weight excluding hydrogens is 677 g/mol. The van der Waals surface area contributed by atoms with E-state index in [0.717, 1.165) is 50.8 Å². The SMILES string of the molecule is c1ccc(-c2cc3ccc(N(c4ccccc4)c4cccc5ccccc45)c(-c4ccccc4)c3cc2N(c2ccccc2)c2cccc3ccccc23)cc1. The standard InChI is InChI=1S/C54H38N2/c1-5-19-41(20-6-1)48-37-43-35-36-52(55(44-27-9-3-10-28-44)50-33-17-25-39-21-13-15-31-46(39)50)54(42-23-7-2-8-24-42)49(43)38-53(48)56(45-29-11-4-12-30-45)51-34-18-26-40-22-14-16-32-47(40)51/h1-38H. The van der Waals surface area contributed by atoms with Gasteiger partial charge in [-0.3, -0.25) is 0 Å². The molecule has 2 heteroatoms. The van der Waals surface area contributed by atoms with E-state index < -0.39 is 0 Å². The summed E-state index contributed by atoms with van der Waals surface area (Å²) in [5.74, 6) is 0. The molecule has 0 saturated heterocycles. The van der Waals surface area contributed by atoms with Gasteiger partial charge in [-0.1, -0.05) is 176 Å². The fraction of sp³-hybridized carbons (Fsp3) is 0. The first-order chi connectivity index (χ1) is 27.8. The topological polar surface area (TPSA) is 6.48 Å². The zero-order valence-corrected chi connectivity index (χ0v) is 30.8. The highest BCUT2D eigenvalue weighted by atomic mass is 15.2. The van der Waals surface area contributed by atoms with Crippen LogP contribution in [0, 0.1) is 0 Å². The minimum Gasteiger partial charge on any atom is -0.309 e. The molecule has 0 unspecified atom stereocenters. The van der Waals surface area contributed by atoms with Crippen molar-refractivity contribution in [1.29, 1.82) is 0 Å². The van der Waals surface area contributed by atoms with E-state index in [9.17, 15) is 0 Å². The van der Waals surface area contributed by atoms with Gasteiger partial charge in [0.05, 0.1) is 22.7 Å². The molecule has 0 N–H and O–H groups in total. The van der Waals surface area contributed by atoms with E-state index in [2.05, 4.69) is 240 Å². The summed E-state index contributed by atoms with van der Waals surface area (Å²) in [6, 6.07) is 83.3. The highest BCUT2D eigenvalue weighted by molar-refractivity contribution is 6.12. The third-order valence-electron chi connectivity index (χ3n) is 10.8. The fourth-order valence-corrected chi connectivity index (χ4v) is 8.25. The number of fused-ring (bicyclic) bond motifs is 3. The third-order valence-corrected chi connectivity index (χ3v) is 10.8. The summed E-state index contributed by atoms with van der Waals surface area (Å²) in [7, 11) is 0. The van der Waals surface area contributed by atoms with Crippen molar-refractivity contribution in [2.24, 2.45) is 0 Å². The van der Waals surface area contributed by atoms with E-state index in [1.807, 2.05) is 0 Å². The summed E-state index contributed by atoms with van der Waals surface area (Å²) >= 11 is 0. The number of para-hydroxylation sites is 2. The molecule has 0 aromatic heterocycles. The summed E-state index contributed by atoms with van der Waals surface area (Å²) in [5.41, 5.74) is 11.3. The maximum Gasteiger partial charge on any atom is 0.0546 e. The average Bonchev–Trinajstić information content (AvgIpc) is 3.28. The molecule has 2 nitrogen and oxygen atoms in total. The maximum absolute atomic E-state index is 2.45. The average molecular weight is 715 g/mol. The van der Waals surface area contributed by atoms with Gasteiger partial charge in [0.25, 0.3) is 0 Å². The Morgan fingerprint density at radius 1 is 0.250 bits per heavy atom. The van der Waals surface area contributed by atoms with Gasteiger partial charge in [0, 0.05) is 33.3 Å². The van der Waals surface area contributed by atoms with Crippen LogP contribution >= 0.6 is 0 Å². The van der Waals surface area contributed by atoms with Gasteiger partial charge < -0.3 is 9.80 Å². The quantitative estimate of drug-likeness (QED) is 0.155. The molecule has 0 heterocycles. The summed E-state index contributed by atoms with van der Waals surface area (Å²) in [6.07, 6.45) is 0. The molecule has 0 bridgehead atoms. The van der Waals surface area contributed by atoms with Crippen LogP contribution in [0.1, 0.15) is 0 Å². The molecule has 0 saturated carbocycles. The zero-order chi connectivity index (χ0) is 37.3. The predicted octanol–water partition coefficient (Wildman–Crippen LogP) is 15.4. The Kier molecular flexibility index (Phi) is 8.55. The van der Waals surface area contributed by atoms with E-state index in [-0.39, 0.29) is 0 Å². The molecule has 10 rings (SSSR count). The van der Waals surface area contributed by atoms with Crippen LogP contribution in [0.25, 0.3) is 54.6 Å². The third kappa shape index (κ3) is 5.95. The van der Waals surface area contributed by atoms with Gasteiger partial charge in [-0.2, -0.15) is 0 Å². The van der Waals surface area contributed by atoms with Gasteiger partial charge in [-0.25, -0.2) is 0 Å². The van der Waals surface area contributed by atoms with Gasteiger partial charge >= 0.3 is 0 Å². The molecule has 10 aromatic rings. The number of nitrogens with zero attached hydrogens (tertiary/aromatic N) is 2. The van der Waals surface area contributed by atoms with Crippen molar-refractivity contribution in [2.75, 3.05) is 9.80 Å². The number of hydrogen-bond acceptors (Lipinski definition) is 2. The highest BCUT2D eigenvalue weighted by Gasteiger charge is 2.25. The molecule has 0 aliphatic rings. The van der Waals surface area contributed by atoms with Gasteiger partial charge in [0.2, 0.25) is 0 Å². The lowest BCUT2D eigenvalue weighted by molar-refractivity contribution is 1.29. The summed E-state index contributed by atoms with van der Waals surface area (Å²) in [6.45, 7) is 0. The molecule has 0 fully saturated rings. The summed E-state index contributed by atoms with van der Waals surface area (Å²) < 4.78 is 0. The van der Waals surface area contributed by atoms with Crippen LogP contribution in [0.5, 0.6) is 0 Å². The van der Waals surface area contributed by atoms with Gasteiger partial charge in [-0.15, -0.1) is 0 Å². The Hall–Kier alpha value is -7.42. The number of rotatable bonds is 8. The van der Waals surface area contributed by atoms with Crippen molar-refractivity contribution in [3.8, 4) is 22.3 Å². The molecule has 0 amide bonds. The molecule has 0 radical (unpaired) electrons. The smallest absolute Gasteiger partial charge is 0.0546 e. The van der Waals surface area contributed by atoms with Crippen LogP contribution in [0.4, 0.5) is 34.1 Å². The van der Waals surface area contributed by atoms with Crippen molar-refractivity contribution >= 4 is 66.4 Å². The lowest BCUT2D eigenvalue weighted by Crippen LogP contribution is -2.13. The molecule has 0 atom stereocenters. The van der Waals surface area contributed by atoms with E-state index in [1.54, 1.807) is 0 Å². The zero-order valence-electron chi connectivity index (χ0n) is 30.8. The van der Waals surface area contributed by atoms with Crippen molar-refractivity contribution < 1.29 is 0 Å². The first kappa shape index (κ1) is 33.2. The molecule has 10 aromatic carbocycles. The van der Waals surface area contributed by atoms with E-state index in [4.69, 9.17) is 0 Å². The van der Waals surface area contributed by atoms with Crippen LogP contribution < -0.4 is 9.80 Å². The molecule has 264 valence electrons. The monoisotopic (exact) mass is 714 g/mol. The second kappa shape index (κ2) is 14.4. The first-order valence-electron chi connectivity index (χ1n) is 19.2. The highest BCUT2D eigenvalue weighted by Crippen LogP contribution is 2.50. The van der Waals surface area contributed by atoms with Crippen molar-refractivity contribution in [3.63, 3.8) is 0 Å². The fourth-order valence-electron chi connectivity index (χ4n) is 8.25. The Morgan fingerprint density at radius 2 is 0.696 bits per heavy atom. The second-order valence-corrected chi connectivity index (χ2v) is 14.1. The Morgan fingerprint density at radius 3 is 1.25 bits per heavy atom. The van der Waals surface area contributed by atoms with Crippen LogP contribution in [0.3, 0.4) is 0 Å². The van der Waals surface area contributed by atoms with Crippen LogP contribution in [-0.4, -0.2) is 0 Å². The Labute approximate surface area is 327 Å². The number of benzene rings is 10. The molecule has 0 aliphatic carbocycles. The molecular formula is C54H38N2. The minimum atomic E-state index is 1.10. The minimum absolute atomic E-state index is 1.10. The van der Waals surface area contributed by atoms with Crippen molar-refractivity contribution in [1.82, 2.24) is 0 Å². The van der Waals surface area contributed by atoms with Crippen LogP contribution in [0.15, 0.2) is 231 Å². The van der Waals surface area contributed by atoms with Crippen LogP contribution in [-0.2, 0) is 0 Å². The van der Waals surface area contributed by atoms with Gasteiger partial charge in [0.15, 0.2) is 0 Å². The number of hydrogen-bond donors (Lipinski definition) is 0. The lowest BCUT2D eigenvalue weighted by Gasteiger charge is -2.32. The maximum atomic E-state index is 2.45. The van der Waals surface area contributed by atoms with Crippen LogP contribution in [0.2, 0.25) is 0 Å². The predicted molar refractivity (Wildman–Crippen MR) is 239 cm³/mol. The van der Waals surface area contributed by atoms with Gasteiger partial charge in [-0.05, 0) is 87.3 Å². The lowest BCUT2D eigenvalue weighted by atomic mass is 9.91. The van der Waals surface area contributed by atoms with Gasteiger partial charge in [0.1, 0.15) is 0 Å². The van der Waals surface area contributed by atoms with E-state index >= 15 is 0 Å². The van der Waals surface area contributed by atoms with E-state index in [0.29, 0.717) is 0 Å². The Bertz CT molecular complexity index is 2950. The molecule has 0 aliphatic heterocycles. The van der Waals surface area contributed by atoms with Crippen molar-refractivity contribution in [3.05, 3.63) is 231 Å². The second-order valence-electron chi connectivity index (χ2n) is 14.1. The number of anilines is 6. The molecule has 56 heavy (non-hydrogen) atoms. The first-order valence-corrected chi connectivity index (χ1v) is 19.2. The van der Waals surface area contributed by atoms with Crippen molar-refractivity contribution in [2.45, 2.75) is 0 Å². The normalized spacial score (nSPS) is 11.2. The summed E-state index contributed by atoms with van der Waals surface area (Å²) in [4.78, 5) is 4.89. The molecule has 0 spiro atoms. The van der Waals surface area contributed by atoms with E-state index in [1.165, 1.54) is 37.9 Å². The summed E-state index contributed by atoms with van der Waals surface area (Å²) in [5, 5.41) is 7.15.